The van der Waals surface area contributed by atoms with E-state index in [1.54, 1.807) is 11.9 Å². The van der Waals surface area contributed by atoms with Crippen LogP contribution in [0.1, 0.15) is 43.7 Å². The number of aliphatic imine (C=N–C) groups is 1. The highest BCUT2D eigenvalue weighted by molar-refractivity contribution is 6.12. The lowest BCUT2D eigenvalue weighted by molar-refractivity contribution is -0.119. The standard InChI is InChI=1S/C25H31N5O2/c1-3-18-11-10-12-19(17-18)26-25(32)28-22-24(31)29(2)21-14-7-6-13-20(21)23(27-22)30-15-8-4-5-9-16-30/h6-7,10-14,17,22H,3-5,8-9,15-16H2,1-2H3,(H2,26,28,32). The number of carbonyl (C=O) groups is 2. The van der Waals surface area contributed by atoms with Gasteiger partial charge in [0.05, 0.1) is 5.69 Å². The van der Waals surface area contributed by atoms with Crippen molar-refractivity contribution in [3.05, 3.63) is 59.7 Å². The van der Waals surface area contributed by atoms with Crippen molar-refractivity contribution in [1.82, 2.24) is 10.2 Å². The van der Waals surface area contributed by atoms with Gasteiger partial charge in [-0.15, -0.1) is 0 Å². The number of para-hydroxylation sites is 1. The third-order valence-electron chi connectivity index (χ3n) is 6.09. The van der Waals surface area contributed by atoms with E-state index >= 15 is 0 Å². The van der Waals surface area contributed by atoms with Gasteiger partial charge in [-0.3, -0.25) is 4.79 Å². The van der Waals surface area contributed by atoms with Crippen molar-refractivity contribution in [1.29, 1.82) is 0 Å². The van der Waals surface area contributed by atoms with Gasteiger partial charge in [-0.25, -0.2) is 9.79 Å². The van der Waals surface area contributed by atoms with Gasteiger partial charge in [0.15, 0.2) is 0 Å². The smallest absolute Gasteiger partial charge is 0.321 e. The summed E-state index contributed by atoms with van der Waals surface area (Å²) in [5.41, 5.74) is 3.55. The van der Waals surface area contributed by atoms with Crippen LogP contribution in [-0.4, -0.2) is 49.0 Å². The highest BCUT2D eigenvalue weighted by atomic mass is 16.2. The number of rotatable bonds is 3. The van der Waals surface area contributed by atoms with Crippen LogP contribution in [0.25, 0.3) is 0 Å². The molecule has 1 fully saturated rings. The molecule has 2 aromatic carbocycles. The molecule has 32 heavy (non-hydrogen) atoms. The molecule has 2 aliphatic heterocycles. The Balaban J connectivity index is 1.62. The molecule has 0 bridgehead atoms. The van der Waals surface area contributed by atoms with Crippen LogP contribution in [0.4, 0.5) is 16.2 Å². The fourth-order valence-electron chi connectivity index (χ4n) is 4.29. The number of hydrogen-bond acceptors (Lipinski definition) is 4. The predicted octanol–water partition coefficient (Wildman–Crippen LogP) is 4.00. The van der Waals surface area contributed by atoms with Crippen LogP contribution < -0.4 is 15.5 Å². The molecule has 168 valence electrons. The molecule has 2 N–H and O–H groups in total. The summed E-state index contributed by atoms with van der Waals surface area (Å²) in [7, 11) is 1.74. The molecule has 3 amide bonds. The fraction of sp³-hybridized carbons (Fsp3) is 0.400. The Kier molecular flexibility index (Phi) is 6.73. The molecule has 4 rings (SSSR count). The maximum absolute atomic E-state index is 13.3. The lowest BCUT2D eigenvalue weighted by atomic mass is 10.1. The van der Waals surface area contributed by atoms with Gasteiger partial charge >= 0.3 is 6.03 Å². The minimum Gasteiger partial charge on any atom is -0.356 e. The third kappa shape index (κ3) is 4.77. The Morgan fingerprint density at radius 3 is 2.56 bits per heavy atom. The molecule has 2 aliphatic rings. The van der Waals surface area contributed by atoms with Crippen molar-refractivity contribution >= 4 is 29.1 Å². The van der Waals surface area contributed by atoms with Gasteiger partial charge in [-0.05, 0) is 49.1 Å². The number of nitrogens with one attached hydrogen (secondary N) is 2. The highest BCUT2D eigenvalue weighted by Crippen LogP contribution is 2.27. The third-order valence-corrected chi connectivity index (χ3v) is 6.09. The normalized spacial score (nSPS) is 18.9. The Hall–Kier alpha value is -3.35. The molecule has 1 saturated heterocycles. The molecular weight excluding hydrogens is 402 g/mol. The molecule has 7 nitrogen and oxygen atoms in total. The van der Waals surface area contributed by atoms with Gasteiger partial charge in [0, 0.05) is 31.4 Å². The first-order valence-electron chi connectivity index (χ1n) is 11.4. The lowest BCUT2D eigenvalue weighted by Crippen LogP contribution is -2.47. The first kappa shape index (κ1) is 21.9. The monoisotopic (exact) mass is 433 g/mol. The van der Waals surface area contributed by atoms with Crippen molar-refractivity contribution in [2.45, 2.75) is 45.2 Å². The summed E-state index contributed by atoms with van der Waals surface area (Å²) in [5, 5.41) is 5.63. The molecule has 2 aromatic rings. The summed E-state index contributed by atoms with van der Waals surface area (Å²) in [6.45, 7) is 3.86. The van der Waals surface area contributed by atoms with Crippen LogP contribution in [-0.2, 0) is 11.2 Å². The molecule has 2 heterocycles. The molecule has 7 heteroatoms. The number of carbonyl (C=O) groups excluding carboxylic acids is 2. The van der Waals surface area contributed by atoms with Gasteiger partial charge in [0.2, 0.25) is 6.17 Å². The van der Waals surface area contributed by atoms with E-state index in [9.17, 15) is 9.59 Å². The van der Waals surface area contributed by atoms with Crippen molar-refractivity contribution in [3.8, 4) is 0 Å². The molecule has 0 radical (unpaired) electrons. The number of nitrogens with zero attached hydrogens (tertiary/aromatic N) is 3. The van der Waals surface area contributed by atoms with Gasteiger partial charge < -0.3 is 20.4 Å². The molecule has 0 aromatic heterocycles. The average molecular weight is 434 g/mol. The Labute approximate surface area is 189 Å². The number of likely N-dealkylation sites (tertiary alicyclic amines) is 1. The van der Waals surface area contributed by atoms with E-state index < -0.39 is 12.2 Å². The average Bonchev–Trinajstić information content (AvgIpc) is 3.14. The summed E-state index contributed by atoms with van der Waals surface area (Å²) >= 11 is 0. The second-order valence-corrected chi connectivity index (χ2v) is 8.32. The lowest BCUT2D eigenvalue weighted by Gasteiger charge is -2.25. The summed E-state index contributed by atoms with van der Waals surface area (Å²) in [5.74, 6) is 0.512. The van der Waals surface area contributed by atoms with Crippen molar-refractivity contribution in [2.75, 3.05) is 30.4 Å². The van der Waals surface area contributed by atoms with E-state index in [2.05, 4.69) is 22.5 Å². The quantitative estimate of drug-likeness (QED) is 0.768. The number of aryl methyl sites for hydroxylation is 1. The molecule has 0 saturated carbocycles. The number of benzene rings is 2. The van der Waals surface area contributed by atoms with Crippen LogP contribution in [0, 0.1) is 0 Å². The zero-order valence-electron chi connectivity index (χ0n) is 18.8. The molecule has 1 unspecified atom stereocenters. The number of anilines is 2. The Bertz CT molecular complexity index is 1010. The van der Waals surface area contributed by atoms with Gasteiger partial charge in [-0.2, -0.15) is 0 Å². The topological polar surface area (TPSA) is 77.0 Å². The van der Waals surface area contributed by atoms with Crippen LogP contribution in [0.3, 0.4) is 0 Å². The first-order valence-corrected chi connectivity index (χ1v) is 11.4. The van der Waals surface area contributed by atoms with E-state index in [1.807, 2.05) is 48.5 Å². The van der Waals surface area contributed by atoms with E-state index in [-0.39, 0.29) is 5.91 Å². The SMILES string of the molecule is CCc1cccc(NC(=O)NC2N=C(N3CCCCCC3)c3ccccc3N(C)C2=O)c1. The summed E-state index contributed by atoms with van der Waals surface area (Å²) in [4.78, 5) is 34.7. The number of amides is 3. The maximum Gasteiger partial charge on any atom is 0.321 e. The first-order chi connectivity index (χ1) is 15.6. The fourth-order valence-corrected chi connectivity index (χ4v) is 4.29. The molecular formula is C25H31N5O2. The van der Waals surface area contributed by atoms with E-state index in [4.69, 9.17) is 4.99 Å². The number of benzodiazepines with no additional fused rings is 1. The number of amidine groups is 1. The zero-order chi connectivity index (χ0) is 22.5. The predicted molar refractivity (Wildman–Crippen MR) is 128 cm³/mol. The van der Waals surface area contributed by atoms with Crippen molar-refractivity contribution < 1.29 is 9.59 Å². The number of likely N-dealkylation sites (N-methyl/N-ethyl adjacent to an activating group) is 1. The number of hydrogen-bond donors (Lipinski definition) is 2. The van der Waals surface area contributed by atoms with Gasteiger partial charge in [-0.1, -0.05) is 44.0 Å². The largest absolute Gasteiger partial charge is 0.356 e. The van der Waals surface area contributed by atoms with E-state index in [1.165, 1.54) is 12.8 Å². The van der Waals surface area contributed by atoms with Crippen LogP contribution in [0.2, 0.25) is 0 Å². The molecule has 0 spiro atoms. The second-order valence-electron chi connectivity index (χ2n) is 8.32. The van der Waals surface area contributed by atoms with Crippen molar-refractivity contribution in [3.63, 3.8) is 0 Å². The minimum absolute atomic E-state index is 0.264. The summed E-state index contributed by atoms with van der Waals surface area (Å²) < 4.78 is 0. The van der Waals surface area contributed by atoms with Gasteiger partial charge in [0.1, 0.15) is 5.84 Å². The second kappa shape index (κ2) is 9.85. The number of fused-ring (bicyclic) bond motifs is 1. The van der Waals surface area contributed by atoms with E-state index in [0.29, 0.717) is 5.69 Å². The summed E-state index contributed by atoms with van der Waals surface area (Å²) in [6, 6.07) is 15.1. The van der Waals surface area contributed by atoms with Crippen LogP contribution in [0.5, 0.6) is 0 Å². The summed E-state index contributed by atoms with van der Waals surface area (Å²) in [6.07, 6.45) is 4.47. The van der Waals surface area contributed by atoms with E-state index in [0.717, 1.165) is 55.0 Å². The molecule has 1 atom stereocenters. The minimum atomic E-state index is -1.000. The van der Waals surface area contributed by atoms with Crippen molar-refractivity contribution in [2.24, 2.45) is 4.99 Å². The highest BCUT2D eigenvalue weighted by Gasteiger charge is 2.32. The maximum atomic E-state index is 13.3. The zero-order valence-corrected chi connectivity index (χ0v) is 18.8. The Morgan fingerprint density at radius 2 is 1.81 bits per heavy atom. The van der Waals surface area contributed by atoms with Crippen LogP contribution in [0.15, 0.2) is 53.5 Å². The van der Waals surface area contributed by atoms with Crippen LogP contribution >= 0.6 is 0 Å². The molecule has 0 aliphatic carbocycles. The number of urea groups is 1. The van der Waals surface area contributed by atoms with Gasteiger partial charge in [0.25, 0.3) is 5.91 Å². The Morgan fingerprint density at radius 1 is 1.06 bits per heavy atom.